The predicted octanol–water partition coefficient (Wildman–Crippen LogP) is 6.22. The Morgan fingerprint density at radius 3 is 1.25 bits per heavy atom. The summed E-state index contributed by atoms with van der Waals surface area (Å²) in [6, 6.07) is 0. The maximum Gasteiger partial charge on any atom is 0.342 e. The summed E-state index contributed by atoms with van der Waals surface area (Å²) in [5.41, 5.74) is 0. The fraction of sp³-hybridized carbons (Fsp3) is 0.909. The molecule has 0 amide bonds. The molecule has 0 fully saturated rings. The van der Waals surface area contributed by atoms with E-state index in [1.165, 1.54) is 51.4 Å². The zero-order chi connectivity index (χ0) is 20.7. The quantitative estimate of drug-likeness (QED) is 0.129. The number of rotatable bonds is 21. The average Bonchev–Trinajstić information content (AvgIpc) is 2.69. The van der Waals surface area contributed by atoms with Crippen LogP contribution in [0.3, 0.4) is 0 Å². The van der Waals surface area contributed by atoms with Crippen LogP contribution in [-0.4, -0.2) is 25.2 Å². The molecule has 0 saturated carbocycles. The first-order valence-electron chi connectivity index (χ1n) is 11.3. The number of carbonyl (C=O) groups is 2. The van der Waals surface area contributed by atoms with Gasteiger partial charge in [-0.2, -0.15) is 9.78 Å². The van der Waals surface area contributed by atoms with Crippen LogP contribution in [0.5, 0.6) is 0 Å². The van der Waals surface area contributed by atoms with E-state index in [2.05, 4.69) is 13.8 Å². The highest BCUT2D eigenvalue weighted by atomic mass is 17.2. The Bertz CT molecular complexity index is 325. The summed E-state index contributed by atoms with van der Waals surface area (Å²) in [6.45, 7) is 5.27. The standard InChI is InChI=1S/C22H42O6/c1-3-5-7-9-11-15-19-25-27-21(23)17-13-14-18-22(24)28-26-20-16-12-10-8-6-4-2/h3-20H2,1-2H3. The molecule has 0 aliphatic heterocycles. The normalized spacial score (nSPS) is 10.8. The zero-order valence-corrected chi connectivity index (χ0v) is 18.2. The van der Waals surface area contributed by atoms with Crippen molar-refractivity contribution in [2.24, 2.45) is 0 Å². The molecule has 0 bridgehead atoms. The maximum absolute atomic E-state index is 11.5. The summed E-state index contributed by atoms with van der Waals surface area (Å²) >= 11 is 0. The van der Waals surface area contributed by atoms with Crippen LogP contribution in [0.4, 0.5) is 0 Å². The Kier molecular flexibility index (Phi) is 21.3. The van der Waals surface area contributed by atoms with Gasteiger partial charge in [-0.25, -0.2) is 9.59 Å². The van der Waals surface area contributed by atoms with Gasteiger partial charge in [-0.05, 0) is 25.7 Å². The second-order valence-corrected chi connectivity index (χ2v) is 7.30. The third-order valence-electron chi connectivity index (χ3n) is 4.48. The average molecular weight is 403 g/mol. The third kappa shape index (κ3) is 21.2. The van der Waals surface area contributed by atoms with Crippen LogP contribution < -0.4 is 0 Å². The molecule has 166 valence electrons. The molecule has 0 unspecified atom stereocenters. The molecule has 28 heavy (non-hydrogen) atoms. The Labute approximate surface area is 171 Å². The van der Waals surface area contributed by atoms with E-state index in [0.29, 0.717) is 26.1 Å². The van der Waals surface area contributed by atoms with Crippen molar-refractivity contribution in [2.45, 2.75) is 117 Å². The van der Waals surface area contributed by atoms with Crippen LogP contribution in [0.2, 0.25) is 0 Å². The van der Waals surface area contributed by atoms with Gasteiger partial charge in [0, 0.05) is 12.8 Å². The summed E-state index contributed by atoms with van der Waals surface area (Å²) in [4.78, 5) is 42.3. The molecule has 0 aliphatic rings. The molecule has 0 heterocycles. The van der Waals surface area contributed by atoms with Gasteiger partial charge >= 0.3 is 11.9 Å². The van der Waals surface area contributed by atoms with Gasteiger partial charge in [0.05, 0.1) is 13.2 Å². The van der Waals surface area contributed by atoms with E-state index in [0.717, 1.165) is 25.7 Å². The number of hydrogen-bond acceptors (Lipinski definition) is 6. The lowest BCUT2D eigenvalue weighted by Gasteiger charge is -2.05. The molecule has 6 nitrogen and oxygen atoms in total. The van der Waals surface area contributed by atoms with Crippen molar-refractivity contribution in [3.05, 3.63) is 0 Å². The monoisotopic (exact) mass is 402 g/mol. The Balaban J connectivity index is 3.30. The Hall–Kier alpha value is -1.14. The number of unbranched alkanes of at least 4 members (excludes halogenated alkanes) is 11. The minimum Gasteiger partial charge on any atom is -0.298 e. The predicted molar refractivity (Wildman–Crippen MR) is 109 cm³/mol. The third-order valence-corrected chi connectivity index (χ3v) is 4.48. The molecule has 0 radical (unpaired) electrons. The van der Waals surface area contributed by atoms with Crippen LogP contribution in [0.1, 0.15) is 117 Å². The highest BCUT2D eigenvalue weighted by molar-refractivity contribution is 5.69. The SMILES string of the molecule is CCCCCCCCOOC(=O)CCCCC(=O)OOCCCCCCCC. The molecule has 0 spiro atoms. The van der Waals surface area contributed by atoms with E-state index < -0.39 is 11.9 Å². The van der Waals surface area contributed by atoms with E-state index in [-0.39, 0.29) is 12.8 Å². The smallest absolute Gasteiger partial charge is 0.298 e. The summed E-state index contributed by atoms with van der Waals surface area (Å²) < 4.78 is 0. The lowest BCUT2D eigenvalue weighted by Crippen LogP contribution is -2.08. The fourth-order valence-corrected chi connectivity index (χ4v) is 2.72. The molecule has 0 aromatic rings. The summed E-state index contributed by atoms with van der Waals surface area (Å²) in [5, 5.41) is 0. The number of hydrogen-bond donors (Lipinski definition) is 0. The van der Waals surface area contributed by atoms with E-state index >= 15 is 0 Å². The van der Waals surface area contributed by atoms with Crippen LogP contribution in [0.15, 0.2) is 0 Å². The van der Waals surface area contributed by atoms with Crippen molar-refractivity contribution in [1.82, 2.24) is 0 Å². The Morgan fingerprint density at radius 1 is 0.500 bits per heavy atom. The molecule has 0 aromatic carbocycles. The van der Waals surface area contributed by atoms with Crippen molar-refractivity contribution in [3.63, 3.8) is 0 Å². The minimum absolute atomic E-state index is 0.238. The van der Waals surface area contributed by atoms with Crippen molar-refractivity contribution in [1.29, 1.82) is 0 Å². The summed E-state index contributed by atoms with van der Waals surface area (Å²) in [6.07, 6.45) is 15.5. The topological polar surface area (TPSA) is 71.1 Å². The van der Waals surface area contributed by atoms with E-state index in [1.54, 1.807) is 0 Å². The molecule has 0 N–H and O–H groups in total. The van der Waals surface area contributed by atoms with E-state index in [1.807, 2.05) is 0 Å². The van der Waals surface area contributed by atoms with Gasteiger partial charge in [-0.15, -0.1) is 0 Å². The molecule has 0 rings (SSSR count). The van der Waals surface area contributed by atoms with Crippen molar-refractivity contribution < 1.29 is 29.1 Å². The summed E-state index contributed by atoms with van der Waals surface area (Å²) in [7, 11) is 0. The van der Waals surface area contributed by atoms with Crippen molar-refractivity contribution in [2.75, 3.05) is 13.2 Å². The van der Waals surface area contributed by atoms with Gasteiger partial charge in [0.15, 0.2) is 0 Å². The first kappa shape index (κ1) is 26.9. The van der Waals surface area contributed by atoms with Crippen LogP contribution >= 0.6 is 0 Å². The van der Waals surface area contributed by atoms with Gasteiger partial charge in [-0.3, -0.25) is 9.78 Å². The lowest BCUT2D eigenvalue weighted by molar-refractivity contribution is -0.274. The molecule has 0 atom stereocenters. The van der Waals surface area contributed by atoms with Gasteiger partial charge in [-0.1, -0.05) is 78.1 Å². The summed E-state index contributed by atoms with van der Waals surface area (Å²) in [5.74, 6) is -0.780. The fourth-order valence-electron chi connectivity index (χ4n) is 2.72. The lowest BCUT2D eigenvalue weighted by atomic mass is 10.1. The van der Waals surface area contributed by atoms with Gasteiger partial charge in [0.2, 0.25) is 0 Å². The van der Waals surface area contributed by atoms with Crippen LogP contribution in [0.25, 0.3) is 0 Å². The first-order chi connectivity index (χ1) is 13.7. The van der Waals surface area contributed by atoms with E-state index in [9.17, 15) is 9.59 Å². The zero-order valence-electron chi connectivity index (χ0n) is 18.2. The Morgan fingerprint density at radius 2 is 0.857 bits per heavy atom. The molecule has 0 aromatic heterocycles. The van der Waals surface area contributed by atoms with Crippen molar-refractivity contribution >= 4 is 11.9 Å². The highest BCUT2D eigenvalue weighted by Gasteiger charge is 2.08. The van der Waals surface area contributed by atoms with Gasteiger partial charge in [0.1, 0.15) is 0 Å². The molecule has 0 aliphatic carbocycles. The maximum atomic E-state index is 11.5. The largest absolute Gasteiger partial charge is 0.342 e. The minimum atomic E-state index is -0.390. The highest BCUT2D eigenvalue weighted by Crippen LogP contribution is 2.07. The first-order valence-corrected chi connectivity index (χ1v) is 11.3. The molecule has 0 saturated heterocycles. The second kappa shape index (κ2) is 22.2. The number of carbonyl (C=O) groups excluding carboxylic acids is 2. The van der Waals surface area contributed by atoms with Gasteiger partial charge in [0.25, 0.3) is 0 Å². The van der Waals surface area contributed by atoms with Crippen molar-refractivity contribution in [3.8, 4) is 0 Å². The molecule has 6 heteroatoms. The van der Waals surface area contributed by atoms with Crippen LogP contribution in [0, 0.1) is 0 Å². The van der Waals surface area contributed by atoms with Gasteiger partial charge < -0.3 is 0 Å². The van der Waals surface area contributed by atoms with E-state index in [4.69, 9.17) is 19.6 Å². The molecular weight excluding hydrogens is 360 g/mol. The second-order valence-electron chi connectivity index (χ2n) is 7.30. The molecular formula is C22H42O6. The van der Waals surface area contributed by atoms with Crippen LogP contribution in [-0.2, 0) is 29.1 Å².